The third-order valence-electron chi connectivity index (χ3n) is 1.37. The van der Waals surface area contributed by atoms with Crippen LogP contribution in [0.1, 0.15) is 0 Å². The Labute approximate surface area is 93.2 Å². The molecule has 0 fully saturated rings. The third-order valence-corrected chi connectivity index (χ3v) is 2.28. The van der Waals surface area contributed by atoms with Gasteiger partial charge < -0.3 is 8.92 Å². The molecule has 1 atom stereocenters. The van der Waals surface area contributed by atoms with Crippen LogP contribution in [0.15, 0.2) is 12.1 Å². The van der Waals surface area contributed by atoms with E-state index in [1.165, 1.54) is 19.2 Å². The van der Waals surface area contributed by atoms with Crippen molar-refractivity contribution in [3.63, 3.8) is 0 Å². The molecule has 0 spiro atoms. The van der Waals surface area contributed by atoms with Crippen LogP contribution in [0, 0.1) is 0 Å². The molecule has 1 rings (SSSR count). The van der Waals surface area contributed by atoms with Crippen LogP contribution in [0.2, 0.25) is 10.0 Å². The average molecular weight is 257 g/mol. The summed E-state index contributed by atoms with van der Waals surface area (Å²) in [6, 6.07) is 2.70. The van der Waals surface area contributed by atoms with E-state index in [-0.39, 0.29) is 15.8 Å². The molecule has 0 amide bonds. The molecule has 78 valence electrons. The van der Waals surface area contributed by atoms with Crippen molar-refractivity contribution in [3.8, 4) is 11.5 Å². The van der Waals surface area contributed by atoms with Crippen molar-refractivity contribution in [1.82, 2.24) is 0 Å². The lowest BCUT2D eigenvalue weighted by atomic mass is 10.3. The molecule has 14 heavy (non-hydrogen) atoms. The first kappa shape index (κ1) is 11.6. The highest BCUT2D eigenvalue weighted by Gasteiger charge is 2.10. The van der Waals surface area contributed by atoms with E-state index in [1.54, 1.807) is 0 Å². The van der Waals surface area contributed by atoms with Crippen molar-refractivity contribution in [2.24, 2.45) is 0 Å². The quantitative estimate of drug-likeness (QED) is 0.845. The highest BCUT2D eigenvalue weighted by atomic mass is 35.5. The molecule has 1 aromatic carbocycles. The first-order valence-corrected chi connectivity index (χ1v) is 5.15. The molecule has 0 aliphatic heterocycles. The highest BCUT2D eigenvalue weighted by molar-refractivity contribution is 7.74. The van der Waals surface area contributed by atoms with Gasteiger partial charge in [0.15, 0.2) is 5.75 Å². The van der Waals surface area contributed by atoms with Crippen molar-refractivity contribution >= 4 is 34.6 Å². The molecular formula is C7H6Cl2O4S. The van der Waals surface area contributed by atoms with Crippen LogP contribution in [-0.2, 0) is 11.4 Å². The SMILES string of the molecule is COc1cc(Cl)c(OS(=O)O)cc1Cl. The Morgan fingerprint density at radius 3 is 2.29 bits per heavy atom. The van der Waals surface area contributed by atoms with Gasteiger partial charge in [-0.1, -0.05) is 23.2 Å². The number of halogens is 2. The van der Waals surface area contributed by atoms with Gasteiger partial charge in [-0.05, 0) is 0 Å². The second-order valence-electron chi connectivity index (χ2n) is 2.22. The standard InChI is InChI=1S/C7H6Cl2O4S/c1-12-6-2-5(9)7(3-4(6)8)13-14(10)11/h2-3H,1H3,(H,10,11). The van der Waals surface area contributed by atoms with Crippen molar-refractivity contribution < 1.29 is 17.7 Å². The number of ether oxygens (including phenoxy) is 1. The molecule has 1 N–H and O–H groups in total. The average Bonchev–Trinajstić information content (AvgIpc) is 2.10. The lowest BCUT2D eigenvalue weighted by Gasteiger charge is -2.07. The maximum atomic E-state index is 10.3. The predicted molar refractivity (Wildman–Crippen MR) is 54.4 cm³/mol. The zero-order chi connectivity index (χ0) is 10.7. The molecule has 0 aliphatic carbocycles. The van der Waals surface area contributed by atoms with Gasteiger partial charge in [-0.3, -0.25) is 4.55 Å². The van der Waals surface area contributed by atoms with Crippen molar-refractivity contribution in [1.29, 1.82) is 0 Å². The minimum Gasteiger partial charge on any atom is -0.495 e. The number of hydrogen-bond donors (Lipinski definition) is 1. The number of benzene rings is 1. The Hall–Kier alpha value is -0.490. The summed E-state index contributed by atoms with van der Waals surface area (Å²) in [6.45, 7) is 0. The molecule has 0 saturated carbocycles. The molecular weight excluding hydrogens is 251 g/mol. The van der Waals surface area contributed by atoms with E-state index in [0.717, 1.165) is 0 Å². The van der Waals surface area contributed by atoms with Crippen LogP contribution >= 0.6 is 23.2 Å². The molecule has 7 heteroatoms. The number of methoxy groups -OCH3 is 1. The Balaban J connectivity index is 3.08. The van der Waals surface area contributed by atoms with Crippen LogP contribution in [0.4, 0.5) is 0 Å². The molecule has 0 radical (unpaired) electrons. The third kappa shape index (κ3) is 2.75. The molecule has 0 aliphatic rings. The summed E-state index contributed by atoms with van der Waals surface area (Å²) in [5.41, 5.74) is 0. The summed E-state index contributed by atoms with van der Waals surface area (Å²) in [4.78, 5) is 0. The first-order valence-electron chi connectivity index (χ1n) is 3.37. The van der Waals surface area contributed by atoms with Gasteiger partial charge in [0, 0.05) is 12.1 Å². The van der Waals surface area contributed by atoms with Gasteiger partial charge in [-0.15, -0.1) is 0 Å². The van der Waals surface area contributed by atoms with Crippen molar-refractivity contribution in [2.45, 2.75) is 0 Å². The van der Waals surface area contributed by atoms with Gasteiger partial charge in [-0.2, -0.15) is 4.21 Å². The topological polar surface area (TPSA) is 55.8 Å². The molecule has 0 heterocycles. The highest BCUT2D eigenvalue weighted by Crippen LogP contribution is 2.35. The van der Waals surface area contributed by atoms with E-state index in [9.17, 15) is 4.21 Å². The van der Waals surface area contributed by atoms with E-state index in [0.29, 0.717) is 5.75 Å². The van der Waals surface area contributed by atoms with Crippen LogP contribution < -0.4 is 8.92 Å². The van der Waals surface area contributed by atoms with Crippen molar-refractivity contribution in [3.05, 3.63) is 22.2 Å². The second-order valence-corrected chi connectivity index (χ2v) is 3.63. The fourth-order valence-electron chi connectivity index (χ4n) is 0.807. The molecule has 0 aromatic heterocycles. The van der Waals surface area contributed by atoms with Crippen LogP contribution in [-0.4, -0.2) is 15.9 Å². The Bertz CT molecular complexity index is 369. The van der Waals surface area contributed by atoms with Gasteiger partial charge >= 0.3 is 11.4 Å². The Morgan fingerprint density at radius 2 is 1.79 bits per heavy atom. The summed E-state index contributed by atoms with van der Waals surface area (Å²) in [7, 11) is 1.43. The number of hydrogen-bond acceptors (Lipinski definition) is 3. The normalized spacial score (nSPS) is 12.3. The maximum Gasteiger partial charge on any atom is 0.357 e. The number of rotatable bonds is 3. The van der Waals surface area contributed by atoms with E-state index >= 15 is 0 Å². The molecule has 0 bridgehead atoms. The first-order chi connectivity index (χ1) is 6.54. The fraction of sp³-hybridized carbons (Fsp3) is 0.143. The van der Waals surface area contributed by atoms with Gasteiger partial charge in [-0.25, -0.2) is 0 Å². The Morgan fingerprint density at radius 1 is 1.29 bits per heavy atom. The van der Waals surface area contributed by atoms with E-state index in [4.69, 9.17) is 32.5 Å². The predicted octanol–water partition coefficient (Wildman–Crippen LogP) is 2.52. The van der Waals surface area contributed by atoms with Gasteiger partial charge in [0.1, 0.15) is 5.75 Å². The summed E-state index contributed by atoms with van der Waals surface area (Å²) in [6.07, 6.45) is 0. The van der Waals surface area contributed by atoms with Crippen LogP contribution in [0.25, 0.3) is 0 Å². The molecule has 1 aromatic rings. The minimum atomic E-state index is -2.43. The summed E-state index contributed by atoms with van der Waals surface area (Å²) < 4.78 is 28.2. The molecule has 0 saturated heterocycles. The van der Waals surface area contributed by atoms with E-state index in [2.05, 4.69) is 4.18 Å². The Kier molecular flexibility index (Phi) is 4.00. The van der Waals surface area contributed by atoms with Gasteiger partial charge in [0.25, 0.3) is 0 Å². The lowest BCUT2D eigenvalue weighted by molar-refractivity contribution is 0.413. The van der Waals surface area contributed by atoms with Crippen molar-refractivity contribution in [2.75, 3.05) is 7.11 Å². The second kappa shape index (κ2) is 4.84. The van der Waals surface area contributed by atoms with Crippen LogP contribution in [0.3, 0.4) is 0 Å². The largest absolute Gasteiger partial charge is 0.495 e. The molecule has 4 nitrogen and oxygen atoms in total. The maximum absolute atomic E-state index is 10.3. The fourth-order valence-corrected chi connectivity index (χ4v) is 1.57. The summed E-state index contributed by atoms with van der Waals surface area (Å²) >= 11 is 9.03. The van der Waals surface area contributed by atoms with E-state index < -0.39 is 11.4 Å². The van der Waals surface area contributed by atoms with Gasteiger partial charge in [0.2, 0.25) is 0 Å². The summed E-state index contributed by atoms with van der Waals surface area (Å²) in [5.74, 6) is 0.394. The van der Waals surface area contributed by atoms with Gasteiger partial charge in [0.05, 0.1) is 17.2 Å². The smallest absolute Gasteiger partial charge is 0.357 e. The minimum absolute atomic E-state index is 0.0262. The lowest BCUT2D eigenvalue weighted by Crippen LogP contribution is -1.98. The summed E-state index contributed by atoms with van der Waals surface area (Å²) in [5, 5.41) is 0.394. The zero-order valence-electron chi connectivity index (χ0n) is 6.99. The molecule has 1 unspecified atom stereocenters. The zero-order valence-corrected chi connectivity index (χ0v) is 9.32. The van der Waals surface area contributed by atoms with Crippen LogP contribution in [0.5, 0.6) is 11.5 Å². The monoisotopic (exact) mass is 256 g/mol. The van der Waals surface area contributed by atoms with E-state index in [1.807, 2.05) is 0 Å².